The molecule has 4 heteroatoms. The molecule has 144 valence electrons. The van der Waals surface area contributed by atoms with E-state index in [4.69, 9.17) is 9.47 Å². The number of benzene rings is 3. The first-order valence-corrected chi connectivity index (χ1v) is 9.40. The van der Waals surface area contributed by atoms with Gasteiger partial charge in [0.25, 0.3) is 0 Å². The van der Waals surface area contributed by atoms with Crippen LogP contribution < -0.4 is 14.8 Å². The zero-order chi connectivity index (χ0) is 19.6. The molecule has 0 aliphatic rings. The van der Waals surface area contributed by atoms with Crippen molar-refractivity contribution in [1.82, 2.24) is 5.32 Å². The topological polar surface area (TPSA) is 47.6 Å². The van der Waals surface area contributed by atoms with Gasteiger partial charge in [-0.1, -0.05) is 72.8 Å². The molecule has 1 N–H and O–H groups in total. The highest BCUT2D eigenvalue weighted by atomic mass is 16.5. The molecule has 0 heterocycles. The second kappa shape index (κ2) is 10.2. The second-order valence-corrected chi connectivity index (χ2v) is 6.43. The molecule has 0 aromatic heterocycles. The summed E-state index contributed by atoms with van der Waals surface area (Å²) in [6.07, 6.45) is 0.392. The number of nitrogens with one attached hydrogen (secondary N) is 1. The summed E-state index contributed by atoms with van der Waals surface area (Å²) in [6.45, 7) is 0.820. The molecule has 0 aliphatic carbocycles. The van der Waals surface area contributed by atoms with E-state index in [1.807, 2.05) is 60.7 Å². The molecule has 3 aromatic rings. The predicted molar refractivity (Wildman–Crippen MR) is 111 cm³/mol. The first-order chi connectivity index (χ1) is 13.8. The average Bonchev–Trinajstić information content (AvgIpc) is 2.76. The van der Waals surface area contributed by atoms with Crippen molar-refractivity contribution in [3.8, 4) is 11.5 Å². The van der Waals surface area contributed by atoms with Crippen LogP contribution in [0.4, 0.5) is 0 Å². The van der Waals surface area contributed by atoms with Gasteiger partial charge in [-0.25, -0.2) is 0 Å². The van der Waals surface area contributed by atoms with Gasteiger partial charge >= 0.3 is 0 Å². The molecule has 4 nitrogen and oxygen atoms in total. The van der Waals surface area contributed by atoms with E-state index in [-0.39, 0.29) is 11.8 Å². The molecule has 0 spiro atoms. The van der Waals surface area contributed by atoms with E-state index in [9.17, 15) is 4.79 Å². The minimum atomic E-state index is 0.00123. The Hall–Kier alpha value is -3.27. The maximum absolute atomic E-state index is 12.5. The third-order valence-corrected chi connectivity index (χ3v) is 4.54. The number of amides is 1. The molecule has 0 aliphatic heterocycles. The SMILES string of the molecule is COc1ccccc1OCCNC(=O)CC(c1ccccc1)c1ccccc1. The summed E-state index contributed by atoms with van der Waals surface area (Å²) >= 11 is 0. The van der Waals surface area contributed by atoms with Gasteiger partial charge in [0.2, 0.25) is 5.91 Å². The quantitative estimate of drug-likeness (QED) is 0.564. The average molecular weight is 375 g/mol. The molecule has 0 atom stereocenters. The van der Waals surface area contributed by atoms with E-state index in [1.165, 1.54) is 0 Å². The minimum absolute atomic E-state index is 0.00123. The van der Waals surface area contributed by atoms with Crippen molar-refractivity contribution in [2.45, 2.75) is 12.3 Å². The van der Waals surface area contributed by atoms with Crippen LogP contribution in [-0.2, 0) is 4.79 Å². The number of para-hydroxylation sites is 2. The number of hydrogen-bond acceptors (Lipinski definition) is 3. The van der Waals surface area contributed by atoms with Crippen LogP contribution >= 0.6 is 0 Å². The molecule has 0 saturated carbocycles. The van der Waals surface area contributed by atoms with Crippen LogP contribution in [0.5, 0.6) is 11.5 Å². The highest BCUT2D eigenvalue weighted by Gasteiger charge is 2.17. The van der Waals surface area contributed by atoms with Gasteiger partial charge in [0, 0.05) is 12.3 Å². The van der Waals surface area contributed by atoms with Gasteiger partial charge in [0.1, 0.15) is 6.61 Å². The maximum atomic E-state index is 12.5. The molecule has 0 fully saturated rings. The van der Waals surface area contributed by atoms with Crippen molar-refractivity contribution in [2.75, 3.05) is 20.3 Å². The van der Waals surface area contributed by atoms with Crippen LogP contribution in [0, 0.1) is 0 Å². The van der Waals surface area contributed by atoms with Crippen LogP contribution in [0.2, 0.25) is 0 Å². The standard InChI is InChI=1S/C24H25NO3/c1-27-22-14-8-9-15-23(22)28-17-16-25-24(26)18-21(19-10-4-2-5-11-19)20-12-6-3-7-13-20/h2-15,21H,16-18H2,1H3,(H,25,26). The summed E-state index contributed by atoms with van der Waals surface area (Å²) in [5.74, 6) is 1.38. The summed E-state index contributed by atoms with van der Waals surface area (Å²) in [5.41, 5.74) is 2.27. The number of carbonyl (C=O) groups excluding carboxylic acids is 1. The lowest BCUT2D eigenvalue weighted by molar-refractivity contribution is -0.121. The van der Waals surface area contributed by atoms with Gasteiger partial charge < -0.3 is 14.8 Å². The van der Waals surface area contributed by atoms with Crippen molar-refractivity contribution in [1.29, 1.82) is 0 Å². The van der Waals surface area contributed by atoms with E-state index in [1.54, 1.807) is 7.11 Å². The Morgan fingerprint density at radius 3 is 1.93 bits per heavy atom. The first-order valence-electron chi connectivity index (χ1n) is 9.40. The number of methoxy groups -OCH3 is 1. The fourth-order valence-corrected chi connectivity index (χ4v) is 3.15. The summed E-state index contributed by atoms with van der Waals surface area (Å²) in [4.78, 5) is 12.5. The van der Waals surface area contributed by atoms with Crippen LogP contribution in [0.1, 0.15) is 23.5 Å². The van der Waals surface area contributed by atoms with Crippen molar-refractivity contribution >= 4 is 5.91 Å². The number of hydrogen-bond donors (Lipinski definition) is 1. The highest BCUT2D eigenvalue weighted by molar-refractivity contribution is 5.77. The zero-order valence-corrected chi connectivity index (χ0v) is 16.0. The molecule has 0 saturated heterocycles. The minimum Gasteiger partial charge on any atom is -0.493 e. The van der Waals surface area contributed by atoms with Crippen molar-refractivity contribution in [3.05, 3.63) is 96.1 Å². The third kappa shape index (κ3) is 5.36. The monoisotopic (exact) mass is 375 g/mol. The van der Waals surface area contributed by atoms with Gasteiger partial charge in [0.15, 0.2) is 11.5 Å². The van der Waals surface area contributed by atoms with Crippen molar-refractivity contribution < 1.29 is 14.3 Å². The zero-order valence-electron chi connectivity index (χ0n) is 16.0. The molecule has 0 unspecified atom stereocenters. The van der Waals surface area contributed by atoms with Crippen molar-refractivity contribution in [2.24, 2.45) is 0 Å². The Balaban J connectivity index is 1.56. The molecule has 0 bridgehead atoms. The Labute approximate surface area is 166 Å². The summed E-state index contributed by atoms with van der Waals surface area (Å²) < 4.78 is 11.0. The Morgan fingerprint density at radius 1 is 0.821 bits per heavy atom. The van der Waals surface area contributed by atoms with Gasteiger partial charge in [-0.3, -0.25) is 4.79 Å². The van der Waals surface area contributed by atoms with E-state index in [0.717, 1.165) is 11.1 Å². The number of rotatable bonds is 9. The van der Waals surface area contributed by atoms with Crippen LogP contribution in [-0.4, -0.2) is 26.2 Å². The summed E-state index contributed by atoms with van der Waals surface area (Å²) in [6, 6.07) is 27.7. The van der Waals surface area contributed by atoms with Crippen molar-refractivity contribution in [3.63, 3.8) is 0 Å². The van der Waals surface area contributed by atoms with E-state index in [0.29, 0.717) is 31.1 Å². The van der Waals surface area contributed by atoms with Crippen LogP contribution in [0.3, 0.4) is 0 Å². The molecule has 1 amide bonds. The Bertz CT molecular complexity index is 826. The van der Waals surface area contributed by atoms with Crippen LogP contribution in [0.15, 0.2) is 84.9 Å². The highest BCUT2D eigenvalue weighted by Crippen LogP contribution is 2.28. The molecular weight excluding hydrogens is 350 g/mol. The smallest absolute Gasteiger partial charge is 0.221 e. The second-order valence-electron chi connectivity index (χ2n) is 6.43. The lowest BCUT2D eigenvalue weighted by atomic mass is 9.88. The fraction of sp³-hybridized carbons (Fsp3) is 0.208. The summed E-state index contributed by atoms with van der Waals surface area (Å²) in [5, 5.41) is 2.96. The molecule has 3 aromatic carbocycles. The first kappa shape index (κ1) is 19.5. The molecule has 28 heavy (non-hydrogen) atoms. The van der Waals surface area contributed by atoms with Crippen LogP contribution in [0.25, 0.3) is 0 Å². The van der Waals surface area contributed by atoms with E-state index >= 15 is 0 Å². The normalized spacial score (nSPS) is 10.5. The molecular formula is C24H25NO3. The number of ether oxygens (including phenoxy) is 2. The van der Waals surface area contributed by atoms with E-state index in [2.05, 4.69) is 29.6 Å². The lowest BCUT2D eigenvalue weighted by Gasteiger charge is -2.18. The third-order valence-electron chi connectivity index (χ3n) is 4.54. The maximum Gasteiger partial charge on any atom is 0.221 e. The predicted octanol–water partition coefficient (Wildman–Crippen LogP) is 4.41. The van der Waals surface area contributed by atoms with E-state index < -0.39 is 0 Å². The lowest BCUT2D eigenvalue weighted by Crippen LogP contribution is -2.29. The van der Waals surface area contributed by atoms with Gasteiger partial charge in [-0.2, -0.15) is 0 Å². The van der Waals surface area contributed by atoms with Gasteiger partial charge in [0.05, 0.1) is 13.7 Å². The Kier molecular flexibility index (Phi) is 7.08. The number of carbonyl (C=O) groups is 1. The van der Waals surface area contributed by atoms with Gasteiger partial charge in [-0.15, -0.1) is 0 Å². The summed E-state index contributed by atoms with van der Waals surface area (Å²) in [7, 11) is 1.61. The Morgan fingerprint density at radius 2 is 1.36 bits per heavy atom. The largest absolute Gasteiger partial charge is 0.493 e. The molecule has 0 radical (unpaired) electrons. The van der Waals surface area contributed by atoms with Gasteiger partial charge in [-0.05, 0) is 23.3 Å². The fourth-order valence-electron chi connectivity index (χ4n) is 3.15. The molecule has 3 rings (SSSR count).